The Morgan fingerprint density at radius 3 is 2.42 bits per heavy atom. The molecule has 0 saturated carbocycles. The van der Waals surface area contributed by atoms with Crippen LogP contribution < -0.4 is 0 Å². The molecule has 24 heavy (non-hydrogen) atoms. The van der Waals surface area contributed by atoms with Gasteiger partial charge in [-0.25, -0.2) is 8.42 Å². The number of nitrogens with zero attached hydrogens (tertiary/aromatic N) is 2. The van der Waals surface area contributed by atoms with Gasteiger partial charge in [-0.05, 0) is 37.6 Å². The van der Waals surface area contributed by atoms with Crippen molar-refractivity contribution < 1.29 is 18.3 Å². The fourth-order valence-electron chi connectivity index (χ4n) is 2.91. The van der Waals surface area contributed by atoms with Gasteiger partial charge >= 0.3 is 5.97 Å². The molecule has 1 aromatic carbocycles. The van der Waals surface area contributed by atoms with E-state index in [0.29, 0.717) is 37.5 Å². The molecular formula is C15H20Cl2N2O4S. The number of halogens is 2. The van der Waals surface area contributed by atoms with Crippen LogP contribution in [-0.2, 0) is 14.8 Å². The van der Waals surface area contributed by atoms with Crippen LogP contribution in [-0.4, -0.2) is 60.9 Å². The zero-order chi connectivity index (χ0) is 17.9. The van der Waals surface area contributed by atoms with Gasteiger partial charge in [-0.1, -0.05) is 30.1 Å². The highest BCUT2D eigenvalue weighted by Crippen LogP contribution is 2.28. The van der Waals surface area contributed by atoms with E-state index in [2.05, 4.69) is 0 Å². The first kappa shape index (κ1) is 19.5. The van der Waals surface area contributed by atoms with E-state index >= 15 is 0 Å². The maximum atomic E-state index is 12.7. The molecule has 1 aliphatic rings. The van der Waals surface area contributed by atoms with Crippen LogP contribution in [0.1, 0.15) is 19.8 Å². The van der Waals surface area contributed by atoms with Crippen LogP contribution in [0.3, 0.4) is 0 Å². The summed E-state index contributed by atoms with van der Waals surface area (Å²) in [5.41, 5.74) is 0. The minimum Gasteiger partial charge on any atom is -0.480 e. The van der Waals surface area contributed by atoms with Gasteiger partial charge in [0.1, 0.15) is 0 Å². The molecule has 1 aliphatic heterocycles. The normalized spacial score (nSPS) is 17.3. The lowest BCUT2D eigenvalue weighted by atomic mass is 10.0. The third-order valence-corrected chi connectivity index (χ3v) is 6.85. The van der Waals surface area contributed by atoms with Gasteiger partial charge < -0.3 is 5.11 Å². The summed E-state index contributed by atoms with van der Waals surface area (Å²) in [7, 11) is -3.62. The number of carboxylic acids is 1. The van der Waals surface area contributed by atoms with Gasteiger partial charge in [-0.3, -0.25) is 9.69 Å². The highest BCUT2D eigenvalue weighted by molar-refractivity contribution is 7.89. The Bertz CT molecular complexity index is 703. The smallest absolute Gasteiger partial charge is 0.317 e. The molecule has 1 heterocycles. The number of likely N-dealkylation sites (N-methyl/N-ethyl adjacent to an activating group) is 1. The molecule has 2 rings (SSSR count). The monoisotopic (exact) mass is 394 g/mol. The summed E-state index contributed by atoms with van der Waals surface area (Å²) < 4.78 is 26.8. The van der Waals surface area contributed by atoms with Crippen molar-refractivity contribution in [3.8, 4) is 0 Å². The lowest BCUT2D eigenvalue weighted by molar-refractivity contribution is -0.139. The molecule has 0 aromatic heterocycles. The number of carboxylic acid groups (broad SMARTS) is 1. The third kappa shape index (κ3) is 4.40. The van der Waals surface area contributed by atoms with Crippen LogP contribution in [0.15, 0.2) is 23.1 Å². The van der Waals surface area contributed by atoms with E-state index in [1.165, 1.54) is 22.5 Å². The minimum atomic E-state index is -3.62. The van der Waals surface area contributed by atoms with Gasteiger partial charge in [-0.2, -0.15) is 4.31 Å². The average molecular weight is 395 g/mol. The molecule has 0 radical (unpaired) electrons. The summed E-state index contributed by atoms with van der Waals surface area (Å²) in [6.07, 6.45) is 1.20. The summed E-state index contributed by atoms with van der Waals surface area (Å²) in [4.78, 5) is 12.9. The Labute approximate surface area is 152 Å². The van der Waals surface area contributed by atoms with E-state index in [-0.39, 0.29) is 22.5 Å². The van der Waals surface area contributed by atoms with E-state index in [1.807, 2.05) is 11.8 Å². The first-order chi connectivity index (χ1) is 11.3. The number of carbonyl (C=O) groups is 1. The molecule has 1 aromatic rings. The summed E-state index contributed by atoms with van der Waals surface area (Å²) >= 11 is 11.7. The summed E-state index contributed by atoms with van der Waals surface area (Å²) in [6.45, 7) is 3.20. The quantitative estimate of drug-likeness (QED) is 0.801. The molecule has 0 unspecified atom stereocenters. The number of piperidine rings is 1. The van der Waals surface area contributed by atoms with Crippen molar-refractivity contribution in [2.24, 2.45) is 0 Å². The third-order valence-electron chi connectivity index (χ3n) is 4.21. The lowest BCUT2D eigenvalue weighted by Gasteiger charge is -2.36. The first-order valence-electron chi connectivity index (χ1n) is 7.66. The molecule has 1 N–H and O–H groups in total. The Kier molecular flexibility index (Phi) is 6.50. The Morgan fingerprint density at radius 2 is 1.92 bits per heavy atom. The van der Waals surface area contributed by atoms with Crippen LogP contribution in [0.4, 0.5) is 0 Å². The zero-order valence-electron chi connectivity index (χ0n) is 13.3. The predicted octanol–water partition coefficient (Wildman–Crippen LogP) is 2.55. The number of rotatable bonds is 6. The number of hydrogen-bond acceptors (Lipinski definition) is 4. The fourth-order valence-corrected chi connectivity index (χ4v) is 4.77. The van der Waals surface area contributed by atoms with Gasteiger partial charge in [0.05, 0.1) is 21.5 Å². The van der Waals surface area contributed by atoms with E-state index in [0.717, 1.165) is 0 Å². The van der Waals surface area contributed by atoms with Crippen molar-refractivity contribution in [3.63, 3.8) is 0 Å². The van der Waals surface area contributed by atoms with Crippen molar-refractivity contribution in [1.29, 1.82) is 0 Å². The van der Waals surface area contributed by atoms with E-state index in [9.17, 15) is 13.2 Å². The molecule has 134 valence electrons. The second kappa shape index (κ2) is 8.01. The SMILES string of the molecule is CCN(CC(=O)O)C1CCN(S(=O)(=O)c2ccc(Cl)c(Cl)c2)CC1. The van der Waals surface area contributed by atoms with Crippen LogP contribution >= 0.6 is 23.2 Å². The van der Waals surface area contributed by atoms with Crippen molar-refractivity contribution in [2.45, 2.75) is 30.7 Å². The number of benzene rings is 1. The maximum Gasteiger partial charge on any atom is 0.317 e. The van der Waals surface area contributed by atoms with Gasteiger partial charge in [0.15, 0.2) is 0 Å². The molecule has 9 heteroatoms. The summed E-state index contributed by atoms with van der Waals surface area (Å²) in [5, 5.41) is 9.46. The average Bonchev–Trinajstić information content (AvgIpc) is 2.55. The Balaban J connectivity index is 2.07. The van der Waals surface area contributed by atoms with Crippen molar-refractivity contribution >= 4 is 39.2 Å². The van der Waals surface area contributed by atoms with E-state index in [4.69, 9.17) is 28.3 Å². The fraction of sp³-hybridized carbons (Fsp3) is 0.533. The lowest BCUT2D eigenvalue weighted by Crippen LogP contribution is -2.48. The molecule has 0 amide bonds. The molecule has 1 fully saturated rings. The molecule has 1 saturated heterocycles. The maximum absolute atomic E-state index is 12.7. The molecule has 6 nitrogen and oxygen atoms in total. The minimum absolute atomic E-state index is 0.0271. The first-order valence-corrected chi connectivity index (χ1v) is 9.86. The van der Waals surface area contributed by atoms with Crippen molar-refractivity contribution in [3.05, 3.63) is 28.2 Å². The van der Waals surface area contributed by atoms with E-state index in [1.54, 1.807) is 0 Å². The molecule has 0 bridgehead atoms. The van der Waals surface area contributed by atoms with E-state index < -0.39 is 16.0 Å². The van der Waals surface area contributed by atoms with Gasteiger partial charge in [-0.15, -0.1) is 0 Å². The van der Waals surface area contributed by atoms with Crippen LogP contribution in [0.25, 0.3) is 0 Å². The van der Waals surface area contributed by atoms with Crippen LogP contribution in [0, 0.1) is 0 Å². The second-order valence-corrected chi connectivity index (χ2v) is 8.42. The number of sulfonamides is 1. The highest BCUT2D eigenvalue weighted by atomic mass is 35.5. The van der Waals surface area contributed by atoms with Gasteiger partial charge in [0.2, 0.25) is 10.0 Å². The molecule has 0 aliphatic carbocycles. The predicted molar refractivity (Wildman–Crippen MR) is 93.1 cm³/mol. The highest BCUT2D eigenvalue weighted by Gasteiger charge is 2.32. The van der Waals surface area contributed by atoms with Crippen LogP contribution in [0.5, 0.6) is 0 Å². The second-order valence-electron chi connectivity index (χ2n) is 5.67. The van der Waals surface area contributed by atoms with Crippen LogP contribution in [0.2, 0.25) is 10.0 Å². The molecule has 0 spiro atoms. The molecule has 0 atom stereocenters. The Hall–Kier alpha value is -0.860. The summed E-state index contributed by atoms with van der Waals surface area (Å²) in [5.74, 6) is -0.872. The van der Waals surface area contributed by atoms with Crippen molar-refractivity contribution in [2.75, 3.05) is 26.2 Å². The Morgan fingerprint density at radius 1 is 1.29 bits per heavy atom. The van der Waals surface area contributed by atoms with Gasteiger partial charge in [0, 0.05) is 19.1 Å². The topological polar surface area (TPSA) is 77.9 Å². The standard InChI is InChI=1S/C15H20Cl2N2O4S/c1-2-18(10-15(20)21)11-5-7-19(8-6-11)24(22,23)12-3-4-13(16)14(17)9-12/h3-4,9,11H,2,5-8,10H2,1H3,(H,20,21). The van der Waals surface area contributed by atoms with Crippen molar-refractivity contribution in [1.82, 2.24) is 9.21 Å². The number of hydrogen-bond donors (Lipinski definition) is 1. The number of aliphatic carboxylic acids is 1. The van der Waals surface area contributed by atoms with Gasteiger partial charge in [0.25, 0.3) is 0 Å². The summed E-state index contributed by atoms with van der Waals surface area (Å²) in [6, 6.07) is 4.34. The largest absolute Gasteiger partial charge is 0.480 e. The molecular weight excluding hydrogens is 375 g/mol. The zero-order valence-corrected chi connectivity index (χ0v) is 15.6.